The van der Waals surface area contributed by atoms with Crippen LogP contribution in [0.2, 0.25) is 0 Å². The van der Waals surface area contributed by atoms with E-state index in [1.807, 2.05) is 13.2 Å². The van der Waals surface area contributed by atoms with E-state index in [1.165, 1.54) is 12.1 Å². The fourth-order valence-corrected chi connectivity index (χ4v) is 1.76. The van der Waals surface area contributed by atoms with Crippen LogP contribution >= 0.6 is 11.8 Å². The fourth-order valence-electron chi connectivity index (χ4n) is 1.26. The lowest BCUT2D eigenvalue weighted by Gasteiger charge is -2.11. The highest BCUT2D eigenvalue weighted by Gasteiger charge is 2.09. The molecule has 13 heavy (non-hydrogen) atoms. The van der Waals surface area contributed by atoms with Crippen molar-refractivity contribution in [1.29, 1.82) is 0 Å². The molecule has 0 saturated heterocycles. The molecule has 0 amide bonds. The van der Waals surface area contributed by atoms with E-state index in [1.54, 1.807) is 17.8 Å². The third-order valence-corrected chi connectivity index (χ3v) is 2.56. The molecule has 3 heteroatoms. The van der Waals surface area contributed by atoms with Gasteiger partial charge in [-0.3, -0.25) is 0 Å². The molecule has 0 fully saturated rings. The maximum absolute atomic E-state index is 12.7. The zero-order valence-corrected chi connectivity index (χ0v) is 8.57. The van der Waals surface area contributed by atoms with E-state index in [0.29, 0.717) is 5.75 Å². The van der Waals surface area contributed by atoms with Crippen LogP contribution < -0.4 is 0 Å². The van der Waals surface area contributed by atoms with Gasteiger partial charge in [0, 0.05) is 5.75 Å². The van der Waals surface area contributed by atoms with Gasteiger partial charge in [0.2, 0.25) is 0 Å². The quantitative estimate of drug-likeness (QED) is 0.809. The summed E-state index contributed by atoms with van der Waals surface area (Å²) in [6, 6.07) is 4.47. The van der Waals surface area contributed by atoms with Crippen LogP contribution in [0.1, 0.15) is 17.2 Å². The van der Waals surface area contributed by atoms with Crippen molar-refractivity contribution in [2.45, 2.75) is 13.0 Å². The van der Waals surface area contributed by atoms with Gasteiger partial charge in [-0.25, -0.2) is 4.39 Å². The highest BCUT2D eigenvalue weighted by Crippen LogP contribution is 2.21. The highest BCUT2D eigenvalue weighted by molar-refractivity contribution is 7.98. The van der Waals surface area contributed by atoms with Crippen LogP contribution in [-0.2, 0) is 0 Å². The Kier molecular flexibility index (Phi) is 3.75. The van der Waals surface area contributed by atoms with Gasteiger partial charge in [0.15, 0.2) is 0 Å². The third kappa shape index (κ3) is 2.71. The first kappa shape index (κ1) is 10.5. The number of hydrogen-bond donors (Lipinski definition) is 1. The number of rotatable bonds is 3. The second-order valence-corrected chi connectivity index (χ2v) is 3.88. The maximum atomic E-state index is 12.7. The molecular weight excluding hydrogens is 187 g/mol. The van der Waals surface area contributed by atoms with Gasteiger partial charge < -0.3 is 5.11 Å². The minimum atomic E-state index is -0.490. The van der Waals surface area contributed by atoms with Crippen LogP contribution in [-0.4, -0.2) is 17.1 Å². The molecule has 0 radical (unpaired) electrons. The first-order valence-corrected chi connectivity index (χ1v) is 5.47. The standard InChI is InChI=1S/C10H13FOS/c1-7-5-8(11)3-4-9(7)10(12)6-13-2/h3-5,10,12H,6H2,1-2H3. The molecular formula is C10H13FOS. The Bertz CT molecular complexity index is 288. The summed E-state index contributed by atoms with van der Waals surface area (Å²) in [5.41, 5.74) is 1.62. The summed E-state index contributed by atoms with van der Waals surface area (Å²) >= 11 is 1.57. The van der Waals surface area contributed by atoms with Gasteiger partial charge in [-0.05, 0) is 36.4 Å². The molecule has 1 nitrogen and oxygen atoms in total. The van der Waals surface area contributed by atoms with Crippen molar-refractivity contribution in [2.24, 2.45) is 0 Å². The third-order valence-electron chi connectivity index (χ3n) is 1.92. The van der Waals surface area contributed by atoms with Crippen molar-refractivity contribution in [3.8, 4) is 0 Å². The van der Waals surface area contributed by atoms with E-state index in [2.05, 4.69) is 0 Å². The lowest BCUT2D eigenvalue weighted by atomic mass is 10.0. The molecule has 1 N–H and O–H groups in total. The highest BCUT2D eigenvalue weighted by atomic mass is 32.2. The fraction of sp³-hybridized carbons (Fsp3) is 0.400. The summed E-state index contributed by atoms with van der Waals surface area (Å²) in [5, 5.41) is 9.65. The van der Waals surface area contributed by atoms with Gasteiger partial charge in [-0.2, -0.15) is 11.8 Å². The van der Waals surface area contributed by atoms with Crippen LogP contribution in [0, 0.1) is 12.7 Å². The SMILES string of the molecule is CSCC(O)c1ccc(F)cc1C. The normalized spacial score (nSPS) is 12.9. The second-order valence-electron chi connectivity index (χ2n) is 2.97. The van der Waals surface area contributed by atoms with Gasteiger partial charge in [0.05, 0.1) is 6.10 Å². The lowest BCUT2D eigenvalue weighted by Crippen LogP contribution is -2.02. The Morgan fingerprint density at radius 3 is 2.77 bits per heavy atom. The number of aliphatic hydroxyl groups is 1. The maximum Gasteiger partial charge on any atom is 0.123 e. The second kappa shape index (κ2) is 4.63. The molecule has 1 aromatic carbocycles. The number of benzene rings is 1. The number of aryl methyl sites for hydroxylation is 1. The van der Waals surface area contributed by atoms with Crippen LogP contribution in [0.25, 0.3) is 0 Å². The van der Waals surface area contributed by atoms with Gasteiger partial charge in [-0.15, -0.1) is 0 Å². The Morgan fingerprint density at radius 2 is 2.23 bits per heavy atom. The molecule has 1 atom stereocenters. The molecule has 0 aliphatic heterocycles. The Hall–Kier alpha value is -0.540. The molecule has 0 saturated carbocycles. The summed E-state index contributed by atoms with van der Waals surface area (Å²) in [5.74, 6) is 0.393. The van der Waals surface area contributed by atoms with E-state index in [9.17, 15) is 9.50 Å². The molecule has 1 rings (SSSR count). The van der Waals surface area contributed by atoms with Crippen molar-refractivity contribution in [3.05, 3.63) is 35.1 Å². The zero-order valence-electron chi connectivity index (χ0n) is 7.75. The van der Waals surface area contributed by atoms with Crippen molar-refractivity contribution < 1.29 is 9.50 Å². The average molecular weight is 200 g/mol. The van der Waals surface area contributed by atoms with Crippen molar-refractivity contribution in [1.82, 2.24) is 0 Å². The smallest absolute Gasteiger partial charge is 0.123 e. The predicted octanol–water partition coefficient (Wildman–Crippen LogP) is 2.53. The summed E-state index contributed by atoms with van der Waals surface area (Å²) in [7, 11) is 0. The summed E-state index contributed by atoms with van der Waals surface area (Å²) < 4.78 is 12.7. The minimum Gasteiger partial charge on any atom is -0.388 e. The number of halogens is 1. The van der Waals surface area contributed by atoms with Crippen molar-refractivity contribution in [2.75, 3.05) is 12.0 Å². The molecule has 72 valence electrons. The molecule has 1 unspecified atom stereocenters. The van der Waals surface area contributed by atoms with E-state index in [4.69, 9.17) is 0 Å². The molecule has 0 aliphatic carbocycles. The molecule has 0 bridgehead atoms. The Labute approximate surface area is 82.0 Å². The average Bonchev–Trinajstić information content (AvgIpc) is 2.04. The summed E-state index contributed by atoms with van der Waals surface area (Å²) in [6.07, 6.45) is 1.44. The molecule has 0 aliphatic rings. The van der Waals surface area contributed by atoms with Gasteiger partial charge in [0.25, 0.3) is 0 Å². The van der Waals surface area contributed by atoms with Gasteiger partial charge >= 0.3 is 0 Å². The first-order valence-electron chi connectivity index (χ1n) is 4.08. The lowest BCUT2D eigenvalue weighted by molar-refractivity contribution is 0.203. The Morgan fingerprint density at radius 1 is 1.54 bits per heavy atom. The molecule has 0 heterocycles. The van der Waals surface area contributed by atoms with Crippen LogP contribution in [0.15, 0.2) is 18.2 Å². The van der Waals surface area contributed by atoms with E-state index in [-0.39, 0.29) is 5.82 Å². The topological polar surface area (TPSA) is 20.2 Å². The van der Waals surface area contributed by atoms with Crippen LogP contribution in [0.4, 0.5) is 4.39 Å². The van der Waals surface area contributed by atoms with E-state index in [0.717, 1.165) is 11.1 Å². The van der Waals surface area contributed by atoms with Gasteiger partial charge in [-0.1, -0.05) is 6.07 Å². The monoisotopic (exact) mass is 200 g/mol. The Balaban J connectivity index is 2.88. The predicted molar refractivity (Wildman–Crippen MR) is 54.5 cm³/mol. The number of aliphatic hydroxyl groups excluding tert-OH is 1. The van der Waals surface area contributed by atoms with Crippen LogP contribution in [0.3, 0.4) is 0 Å². The largest absolute Gasteiger partial charge is 0.388 e. The zero-order chi connectivity index (χ0) is 9.84. The first-order chi connectivity index (χ1) is 6.15. The van der Waals surface area contributed by atoms with Gasteiger partial charge in [0.1, 0.15) is 5.82 Å². The van der Waals surface area contributed by atoms with Crippen LogP contribution in [0.5, 0.6) is 0 Å². The molecule has 0 aromatic heterocycles. The minimum absolute atomic E-state index is 0.252. The summed E-state index contributed by atoms with van der Waals surface area (Å²) in [6.45, 7) is 1.81. The van der Waals surface area contributed by atoms with Crippen molar-refractivity contribution >= 4 is 11.8 Å². The number of hydrogen-bond acceptors (Lipinski definition) is 2. The summed E-state index contributed by atoms with van der Waals surface area (Å²) in [4.78, 5) is 0. The van der Waals surface area contributed by atoms with Crippen molar-refractivity contribution in [3.63, 3.8) is 0 Å². The van der Waals surface area contributed by atoms with E-state index < -0.39 is 6.10 Å². The van der Waals surface area contributed by atoms with E-state index >= 15 is 0 Å². The molecule has 1 aromatic rings. The molecule has 0 spiro atoms. The number of thioether (sulfide) groups is 1.